The Bertz CT molecular complexity index is 882. The van der Waals surface area contributed by atoms with E-state index in [0.717, 1.165) is 20.4 Å². The van der Waals surface area contributed by atoms with Gasteiger partial charge in [-0.3, -0.25) is 0 Å². The minimum Gasteiger partial charge on any atom is -0.493 e. The third kappa shape index (κ3) is 4.13. The fourth-order valence-corrected chi connectivity index (χ4v) is 2.65. The topological polar surface area (TPSA) is 100 Å². The summed E-state index contributed by atoms with van der Waals surface area (Å²) in [6, 6.07) is 13.5. The maximum Gasteiger partial charge on any atom is 0.263 e. The van der Waals surface area contributed by atoms with E-state index in [4.69, 9.17) is 15.2 Å². The van der Waals surface area contributed by atoms with Crippen LogP contribution in [0.5, 0.6) is 11.5 Å². The summed E-state index contributed by atoms with van der Waals surface area (Å²) in [6.07, 6.45) is 1.57. The van der Waals surface area contributed by atoms with Crippen molar-refractivity contribution in [3.8, 4) is 11.5 Å². The monoisotopic (exact) mass is 402 g/mol. The first-order valence-corrected chi connectivity index (χ1v) is 8.09. The summed E-state index contributed by atoms with van der Waals surface area (Å²) in [4.78, 5) is 1.13. The van der Waals surface area contributed by atoms with Crippen LogP contribution in [0.25, 0.3) is 0 Å². The molecule has 2 N–H and O–H groups in total. The number of aromatic nitrogens is 4. The zero-order valence-corrected chi connectivity index (χ0v) is 14.9. The number of nitrogens with two attached hydrogens (primary N) is 1. The third-order valence-corrected chi connectivity index (χ3v) is 3.86. The Morgan fingerprint density at radius 2 is 2.08 bits per heavy atom. The van der Waals surface area contributed by atoms with Gasteiger partial charge in [0.25, 0.3) is 5.95 Å². The molecule has 8 nitrogen and oxygen atoms in total. The molecule has 0 aliphatic heterocycles. The SMILES string of the molecule is COc1cc(C=Nn2nnnc2N)cc(Br)c1OCc1ccccc1. The van der Waals surface area contributed by atoms with Crippen LogP contribution in [0.15, 0.2) is 52.0 Å². The molecule has 2 aromatic carbocycles. The van der Waals surface area contributed by atoms with E-state index in [-0.39, 0.29) is 5.95 Å². The van der Waals surface area contributed by atoms with Crippen molar-refractivity contribution in [3.05, 3.63) is 58.1 Å². The van der Waals surface area contributed by atoms with E-state index in [9.17, 15) is 0 Å². The molecule has 0 atom stereocenters. The molecule has 0 unspecified atom stereocenters. The minimum absolute atomic E-state index is 0.102. The molecule has 0 radical (unpaired) electrons. The zero-order valence-electron chi connectivity index (χ0n) is 13.3. The number of ether oxygens (including phenoxy) is 2. The van der Waals surface area contributed by atoms with Crippen LogP contribution in [-0.4, -0.2) is 33.6 Å². The number of halogens is 1. The van der Waals surface area contributed by atoms with Crippen LogP contribution in [0, 0.1) is 0 Å². The summed E-state index contributed by atoms with van der Waals surface area (Å²) in [5, 5.41) is 14.7. The molecular formula is C16H15BrN6O2. The lowest BCUT2D eigenvalue weighted by atomic mass is 10.2. The van der Waals surface area contributed by atoms with E-state index in [1.54, 1.807) is 19.4 Å². The van der Waals surface area contributed by atoms with E-state index in [0.29, 0.717) is 18.1 Å². The summed E-state index contributed by atoms with van der Waals surface area (Å²) in [6.45, 7) is 0.435. The van der Waals surface area contributed by atoms with Crippen molar-refractivity contribution in [3.63, 3.8) is 0 Å². The van der Waals surface area contributed by atoms with Crippen molar-refractivity contribution in [2.24, 2.45) is 5.10 Å². The van der Waals surface area contributed by atoms with Gasteiger partial charge in [0.05, 0.1) is 17.8 Å². The van der Waals surface area contributed by atoms with Crippen molar-refractivity contribution >= 4 is 28.1 Å². The van der Waals surface area contributed by atoms with E-state index < -0.39 is 0 Å². The van der Waals surface area contributed by atoms with Crippen molar-refractivity contribution in [1.82, 2.24) is 20.3 Å². The Hall–Kier alpha value is -2.94. The molecule has 1 heterocycles. The lowest BCUT2D eigenvalue weighted by Crippen LogP contribution is -2.01. The number of rotatable bonds is 6. The first-order chi connectivity index (χ1) is 12.2. The van der Waals surface area contributed by atoms with Crippen LogP contribution in [0.1, 0.15) is 11.1 Å². The molecule has 128 valence electrons. The normalized spacial score (nSPS) is 11.0. The Morgan fingerprint density at radius 3 is 2.76 bits per heavy atom. The van der Waals surface area contributed by atoms with Gasteiger partial charge in [-0.2, -0.15) is 5.10 Å². The molecule has 1 aromatic heterocycles. The van der Waals surface area contributed by atoms with Gasteiger partial charge in [-0.25, -0.2) is 0 Å². The number of methoxy groups -OCH3 is 1. The largest absolute Gasteiger partial charge is 0.493 e. The maximum absolute atomic E-state index is 5.90. The third-order valence-electron chi connectivity index (χ3n) is 3.27. The molecule has 0 bridgehead atoms. The zero-order chi connectivity index (χ0) is 17.6. The van der Waals surface area contributed by atoms with Gasteiger partial charge in [-0.15, -0.1) is 0 Å². The van der Waals surface area contributed by atoms with Gasteiger partial charge in [0.1, 0.15) is 6.61 Å². The van der Waals surface area contributed by atoms with Gasteiger partial charge in [0.15, 0.2) is 11.5 Å². The van der Waals surface area contributed by atoms with Crippen molar-refractivity contribution in [1.29, 1.82) is 0 Å². The Kier molecular flexibility index (Phi) is 5.24. The second-order valence-corrected chi connectivity index (χ2v) is 5.83. The summed E-state index contributed by atoms with van der Waals surface area (Å²) in [5.41, 5.74) is 7.40. The summed E-state index contributed by atoms with van der Waals surface area (Å²) in [7, 11) is 1.58. The first kappa shape index (κ1) is 16.9. The van der Waals surface area contributed by atoms with Crippen LogP contribution >= 0.6 is 15.9 Å². The van der Waals surface area contributed by atoms with Crippen LogP contribution in [0.2, 0.25) is 0 Å². The number of nitrogens with zero attached hydrogens (tertiary/aromatic N) is 5. The molecule has 0 amide bonds. The summed E-state index contributed by atoms with van der Waals surface area (Å²) < 4.78 is 12.1. The van der Waals surface area contributed by atoms with Crippen molar-refractivity contribution < 1.29 is 9.47 Å². The standard InChI is InChI=1S/C16H15BrN6O2/c1-24-14-8-12(9-19-23-16(18)20-21-22-23)7-13(17)15(14)25-10-11-5-3-2-4-6-11/h2-9H,10H2,1H3,(H2,18,20,22). The van der Waals surface area contributed by atoms with Crippen LogP contribution < -0.4 is 15.2 Å². The predicted molar refractivity (Wildman–Crippen MR) is 96.7 cm³/mol. The van der Waals surface area contributed by atoms with Gasteiger partial charge >= 0.3 is 0 Å². The van der Waals surface area contributed by atoms with Crippen LogP contribution in [-0.2, 0) is 6.61 Å². The maximum atomic E-state index is 5.90. The second kappa shape index (κ2) is 7.75. The molecule has 0 aliphatic rings. The molecule has 0 spiro atoms. The summed E-state index contributed by atoms with van der Waals surface area (Å²) in [5.74, 6) is 1.30. The quantitative estimate of drug-likeness (QED) is 0.635. The van der Waals surface area contributed by atoms with Gasteiger partial charge in [-0.05, 0) is 49.6 Å². The van der Waals surface area contributed by atoms with E-state index in [2.05, 4.69) is 36.6 Å². The lowest BCUT2D eigenvalue weighted by molar-refractivity contribution is 0.282. The predicted octanol–water partition coefficient (Wildman–Crippen LogP) is 2.49. The van der Waals surface area contributed by atoms with Crippen molar-refractivity contribution in [2.45, 2.75) is 6.61 Å². The fourth-order valence-electron chi connectivity index (χ4n) is 2.08. The molecule has 25 heavy (non-hydrogen) atoms. The minimum atomic E-state index is 0.102. The van der Waals surface area contributed by atoms with Crippen LogP contribution in [0.4, 0.5) is 5.95 Å². The average Bonchev–Trinajstić information content (AvgIpc) is 3.04. The average molecular weight is 403 g/mol. The molecule has 3 rings (SSSR count). The highest BCUT2D eigenvalue weighted by molar-refractivity contribution is 9.10. The highest BCUT2D eigenvalue weighted by Crippen LogP contribution is 2.36. The molecule has 0 aliphatic carbocycles. The molecule has 0 saturated carbocycles. The number of benzene rings is 2. The van der Waals surface area contributed by atoms with Gasteiger partial charge in [0.2, 0.25) is 0 Å². The first-order valence-electron chi connectivity index (χ1n) is 7.30. The Balaban J connectivity index is 1.81. The number of hydrogen-bond donors (Lipinski definition) is 1. The molecule has 0 saturated heterocycles. The smallest absolute Gasteiger partial charge is 0.263 e. The highest BCUT2D eigenvalue weighted by Gasteiger charge is 2.11. The van der Waals surface area contributed by atoms with E-state index in [1.165, 1.54) is 0 Å². The fraction of sp³-hybridized carbons (Fsp3) is 0.125. The highest BCUT2D eigenvalue weighted by atomic mass is 79.9. The molecule has 9 heteroatoms. The summed E-state index contributed by atoms with van der Waals surface area (Å²) >= 11 is 3.51. The number of tetrazole rings is 1. The van der Waals surface area contributed by atoms with Gasteiger partial charge in [-0.1, -0.05) is 40.2 Å². The number of anilines is 1. The van der Waals surface area contributed by atoms with Crippen LogP contribution in [0.3, 0.4) is 0 Å². The van der Waals surface area contributed by atoms with E-state index in [1.807, 2.05) is 36.4 Å². The van der Waals surface area contributed by atoms with Crippen molar-refractivity contribution in [2.75, 3.05) is 12.8 Å². The second-order valence-electron chi connectivity index (χ2n) is 4.98. The molecular weight excluding hydrogens is 388 g/mol. The Morgan fingerprint density at radius 1 is 1.28 bits per heavy atom. The molecule has 3 aromatic rings. The Labute approximate surface area is 152 Å². The number of nitrogen functional groups attached to an aromatic ring is 1. The van der Waals surface area contributed by atoms with Gasteiger partial charge < -0.3 is 15.2 Å². The van der Waals surface area contributed by atoms with E-state index >= 15 is 0 Å². The lowest BCUT2D eigenvalue weighted by Gasteiger charge is -2.13. The molecule has 0 fully saturated rings. The van der Waals surface area contributed by atoms with Gasteiger partial charge in [0, 0.05) is 0 Å². The number of hydrogen-bond acceptors (Lipinski definition) is 7.